The molecule has 9 nitrogen and oxygen atoms in total. The molecule has 226 valence electrons. The van der Waals surface area contributed by atoms with E-state index in [1.54, 1.807) is 38.2 Å². The summed E-state index contributed by atoms with van der Waals surface area (Å²) in [6, 6.07) is 10.3. The number of nitrogens with zero attached hydrogens (tertiary/aromatic N) is 2. The summed E-state index contributed by atoms with van der Waals surface area (Å²) < 4.78 is 38.8. The lowest BCUT2D eigenvalue weighted by Crippen LogP contribution is -2.44. The number of carbonyl (C=O) groups is 1. The van der Waals surface area contributed by atoms with Crippen LogP contribution in [-0.4, -0.2) is 39.8 Å². The van der Waals surface area contributed by atoms with Crippen LogP contribution in [0, 0.1) is 12.8 Å². The van der Waals surface area contributed by atoms with Gasteiger partial charge in [0.05, 0.1) is 0 Å². The molecule has 2 N–H and O–H groups in total. The summed E-state index contributed by atoms with van der Waals surface area (Å²) in [5.74, 6) is -0.353. The quantitative estimate of drug-likeness (QED) is 0.210. The Labute approximate surface area is 251 Å². The molecule has 1 aromatic heterocycles. The fraction of sp³-hybridized carbons (Fsp3) is 0.419. The number of carbonyl (C=O) groups excluding carboxylic acids is 1. The van der Waals surface area contributed by atoms with Crippen LogP contribution < -0.4 is 4.18 Å². The third kappa shape index (κ3) is 6.62. The summed E-state index contributed by atoms with van der Waals surface area (Å²) >= 11 is 1.11. The summed E-state index contributed by atoms with van der Waals surface area (Å²) in [6.07, 6.45) is 4.19. The molecule has 42 heavy (non-hydrogen) atoms. The number of thioether (sulfide) groups is 1. The molecule has 1 aliphatic heterocycles. The highest BCUT2D eigenvalue weighted by Gasteiger charge is 2.44. The average molecular weight is 615 g/mol. The van der Waals surface area contributed by atoms with Gasteiger partial charge >= 0.3 is 16.1 Å². The van der Waals surface area contributed by atoms with E-state index in [4.69, 9.17) is 8.92 Å². The molecule has 3 aromatic rings. The van der Waals surface area contributed by atoms with E-state index in [1.807, 2.05) is 46.8 Å². The standard InChI is InChI=1S/C31H38N2O7S2/c1-19(2)31(13-12-21-8-10-22(34)11-9-21)18-24(35)27(28(36)39-31)41-26-16-20(3)25(17-23(26)30(4,5)6)40-42(37,38)29-32-14-15-33(29)7/h8-11,14-17,19,34-35H,12-13,18H2,1-7H3. The first-order valence-corrected chi connectivity index (χ1v) is 15.9. The largest absolute Gasteiger partial charge is 0.511 e. The molecule has 0 bridgehead atoms. The van der Waals surface area contributed by atoms with Gasteiger partial charge in [0.1, 0.15) is 27.8 Å². The fourth-order valence-corrected chi connectivity index (χ4v) is 7.24. The highest BCUT2D eigenvalue weighted by Crippen LogP contribution is 2.46. The second-order valence-electron chi connectivity index (χ2n) is 12.1. The molecule has 1 unspecified atom stereocenters. The molecule has 1 atom stereocenters. The first-order valence-electron chi connectivity index (χ1n) is 13.7. The number of aryl methyl sites for hydroxylation is 3. The molecule has 2 aromatic carbocycles. The van der Waals surface area contributed by atoms with Crippen LogP contribution in [0.5, 0.6) is 11.5 Å². The maximum Gasteiger partial charge on any atom is 0.373 e. The van der Waals surface area contributed by atoms with Gasteiger partial charge in [0, 0.05) is 30.8 Å². The number of rotatable bonds is 9. The number of esters is 1. The van der Waals surface area contributed by atoms with Crippen LogP contribution >= 0.6 is 11.8 Å². The Kier molecular flexibility index (Phi) is 8.76. The van der Waals surface area contributed by atoms with Crippen molar-refractivity contribution in [1.29, 1.82) is 0 Å². The third-order valence-corrected chi connectivity index (χ3v) is 9.94. The van der Waals surface area contributed by atoms with E-state index in [9.17, 15) is 23.4 Å². The van der Waals surface area contributed by atoms with E-state index < -0.39 is 27.1 Å². The SMILES string of the molecule is Cc1cc(SC2=C(O)CC(CCc3ccc(O)cc3)(C(C)C)OC2=O)c(C(C)(C)C)cc1OS(=O)(=O)c1nccn1C. The lowest BCUT2D eigenvalue weighted by molar-refractivity contribution is -0.164. The zero-order chi connectivity index (χ0) is 31.0. The molecule has 0 spiro atoms. The number of ether oxygens (including phenoxy) is 1. The number of aliphatic hydroxyl groups is 1. The number of phenols is 1. The number of phenolic OH excluding ortho intramolecular Hbond substituents is 1. The molecule has 0 saturated carbocycles. The molecule has 0 aliphatic carbocycles. The first-order chi connectivity index (χ1) is 19.5. The van der Waals surface area contributed by atoms with Gasteiger partial charge in [-0.3, -0.25) is 0 Å². The Morgan fingerprint density at radius 1 is 1.17 bits per heavy atom. The number of benzene rings is 2. The van der Waals surface area contributed by atoms with Crippen molar-refractivity contribution in [1.82, 2.24) is 9.55 Å². The van der Waals surface area contributed by atoms with E-state index in [1.165, 1.54) is 17.0 Å². The Hall–Kier alpha value is -3.44. The van der Waals surface area contributed by atoms with Crippen molar-refractivity contribution in [3.8, 4) is 11.5 Å². The van der Waals surface area contributed by atoms with Gasteiger partial charge in [-0.1, -0.05) is 58.5 Å². The van der Waals surface area contributed by atoms with Gasteiger partial charge in [-0.15, -0.1) is 0 Å². The smallest absolute Gasteiger partial charge is 0.373 e. The van der Waals surface area contributed by atoms with Gasteiger partial charge in [0.2, 0.25) is 0 Å². The van der Waals surface area contributed by atoms with Gasteiger partial charge in [0.15, 0.2) is 0 Å². The highest BCUT2D eigenvalue weighted by atomic mass is 32.2. The minimum Gasteiger partial charge on any atom is -0.511 e. The van der Waals surface area contributed by atoms with Gasteiger partial charge < -0.3 is 23.7 Å². The Morgan fingerprint density at radius 3 is 2.38 bits per heavy atom. The molecular formula is C31H38N2O7S2. The topological polar surface area (TPSA) is 128 Å². The van der Waals surface area contributed by atoms with Crippen LogP contribution in [0.2, 0.25) is 0 Å². The molecule has 11 heteroatoms. The molecule has 4 rings (SSSR count). The van der Waals surface area contributed by atoms with E-state index in [0.29, 0.717) is 23.3 Å². The molecule has 2 heterocycles. The predicted octanol–water partition coefficient (Wildman–Crippen LogP) is 6.34. The van der Waals surface area contributed by atoms with Crippen molar-refractivity contribution < 1.29 is 32.3 Å². The molecule has 0 radical (unpaired) electrons. The normalized spacial score (nSPS) is 18.0. The van der Waals surface area contributed by atoms with Crippen LogP contribution in [0.25, 0.3) is 0 Å². The van der Waals surface area contributed by atoms with Crippen LogP contribution in [0.4, 0.5) is 0 Å². The number of aromatic hydroxyl groups is 1. The zero-order valence-electron chi connectivity index (χ0n) is 25.0. The third-order valence-electron chi connectivity index (χ3n) is 7.53. The van der Waals surface area contributed by atoms with Gasteiger partial charge in [-0.25, -0.2) is 9.78 Å². The number of hydrogen-bond acceptors (Lipinski definition) is 9. The van der Waals surface area contributed by atoms with Crippen molar-refractivity contribution in [3.05, 3.63) is 76.1 Å². The second kappa shape index (κ2) is 11.7. The second-order valence-corrected chi connectivity index (χ2v) is 14.5. The molecular weight excluding hydrogens is 576 g/mol. The zero-order valence-corrected chi connectivity index (χ0v) is 26.6. The van der Waals surface area contributed by atoms with Crippen LogP contribution in [0.3, 0.4) is 0 Å². The molecule has 0 amide bonds. The van der Waals surface area contributed by atoms with Gasteiger partial charge in [0.25, 0.3) is 5.16 Å². The fourth-order valence-electron chi connectivity index (χ4n) is 4.90. The molecule has 1 aliphatic rings. The summed E-state index contributed by atoms with van der Waals surface area (Å²) in [7, 11) is -2.61. The van der Waals surface area contributed by atoms with Crippen molar-refractivity contribution >= 4 is 27.8 Å². The van der Waals surface area contributed by atoms with E-state index >= 15 is 0 Å². The Balaban J connectivity index is 1.64. The Bertz CT molecular complexity index is 1620. The van der Waals surface area contributed by atoms with Gasteiger partial charge in [-0.05, 0) is 72.1 Å². The average Bonchev–Trinajstić information content (AvgIpc) is 3.33. The number of aliphatic hydroxyl groups excluding tert-OH is 1. The lowest BCUT2D eigenvalue weighted by atomic mass is 9.80. The van der Waals surface area contributed by atoms with Crippen LogP contribution in [-0.2, 0) is 38.5 Å². The van der Waals surface area contributed by atoms with Crippen molar-refractivity contribution in [2.24, 2.45) is 13.0 Å². The van der Waals surface area contributed by atoms with E-state index in [2.05, 4.69) is 4.98 Å². The van der Waals surface area contributed by atoms with Crippen LogP contribution in [0.15, 0.2) is 69.5 Å². The van der Waals surface area contributed by atoms with E-state index in [-0.39, 0.29) is 39.7 Å². The summed E-state index contributed by atoms with van der Waals surface area (Å²) in [5, 5.41) is 20.6. The number of imidazole rings is 1. The number of cyclic esters (lactones) is 1. The monoisotopic (exact) mass is 614 g/mol. The van der Waals surface area contributed by atoms with Crippen molar-refractivity contribution in [2.45, 2.75) is 81.9 Å². The van der Waals surface area contributed by atoms with Crippen molar-refractivity contribution in [3.63, 3.8) is 0 Å². The maximum absolute atomic E-state index is 13.4. The lowest BCUT2D eigenvalue weighted by Gasteiger charge is -2.40. The first kappa shape index (κ1) is 31.5. The molecule has 0 fully saturated rings. The minimum absolute atomic E-state index is 0.0362. The number of hydrogen-bond donors (Lipinski definition) is 2. The maximum atomic E-state index is 13.4. The molecule has 0 saturated heterocycles. The number of aromatic nitrogens is 2. The minimum atomic E-state index is -4.18. The predicted molar refractivity (Wildman–Crippen MR) is 161 cm³/mol. The summed E-state index contributed by atoms with van der Waals surface area (Å²) in [5.41, 5.74) is 0.928. The van der Waals surface area contributed by atoms with Crippen LogP contribution in [0.1, 0.15) is 64.2 Å². The Morgan fingerprint density at radius 2 is 1.83 bits per heavy atom. The highest BCUT2D eigenvalue weighted by molar-refractivity contribution is 8.04. The summed E-state index contributed by atoms with van der Waals surface area (Å²) in [6.45, 7) is 11.6. The van der Waals surface area contributed by atoms with E-state index in [0.717, 1.165) is 22.9 Å². The van der Waals surface area contributed by atoms with Gasteiger partial charge in [-0.2, -0.15) is 8.42 Å². The van der Waals surface area contributed by atoms with Crippen molar-refractivity contribution in [2.75, 3.05) is 0 Å². The summed E-state index contributed by atoms with van der Waals surface area (Å²) in [4.78, 5) is 18.1.